The molecule has 21 fully saturated rings. The fraction of sp³-hybridized carbons (Fsp3) is 1.00. The summed E-state index contributed by atoms with van der Waals surface area (Å²) >= 11 is 0. The van der Waals surface area contributed by atoms with Crippen molar-refractivity contribution in [3.8, 4) is 0 Å². The Hall–Kier alpha value is -1.40. The maximum atomic E-state index is 11.4. The van der Waals surface area contributed by atoms with Crippen LogP contribution in [-0.2, 0) is 66.3 Å². The van der Waals surface area contributed by atoms with Crippen molar-refractivity contribution in [1.29, 1.82) is 0 Å². The van der Waals surface area contributed by atoms with Crippen LogP contribution >= 0.6 is 0 Å². The highest BCUT2D eigenvalue weighted by atomic mass is 16.8. The summed E-state index contributed by atoms with van der Waals surface area (Å²) in [6.07, 6.45) is -69.2. The summed E-state index contributed by atoms with van der Waals surface area (Å²) in [6, 6.07) is 0. The molecule has 0 aliphatic carbocycles. The van der Waals surface area contributed by atoms with E-state index in [2.05, 4.69) is 0 Å². The Bertz CT molecular complexity index is 1470. The monoisotopic (exact) mass is 1130 g/mol. The van der Waals surface area contributed by atoms with Crippen LogP contribution in [0.5, 0.6) is 0 Å². The third-order valence-corrected chi connectivity index (χ3v) is 14.8. The van der Waals surface area contributed by atoms with Crippen molar-refractivity contribution < 1.29 is 168 Å². The van der Waals surface area contributed by atoms with Crippen molar-refractivity contribution in [2.75, 3.05) is 46.2 Å². The largest absolute Gasteiger partial charge is 0.394 e. The molecule has 21 aliphatic rings. The molecule has 0 saturated carbocycles. The van der Waals surface area contributed by atoms with Crippen LogP contribution in [0.15, 0.2) is 0 Å². The van der Waals surface area contributed by atoms with E-state index in [0.29, 0.717) is 0 Å². The molecule has 14 bridgehead atoms. The molecule has 35 nitrogen and oxygen atoms in total. The molecule has 35 heteroatoms. The minimum atomic E-state index is -2.20. The van der Waals surface area contributed by atoms with Gasteiger partial charge >= 0.3 is 0 Å². The van der Waals surface area contributed by atoms with Gasteiger partial charge < -0.3 is 174 Å². The maximum absolute atomic E-state index is 11.4. The first-order valence-electron chi connectivity index (χ1n) is 24.7. The maximum Gasteiger partial charge on any atom is 0.187 e. The molecule has 0 aromatic heterocycles. The van der Waals surface area contributed by atoms with E-state index in [0.717, 1.165) is 0 Å². The van der Waals surface area contributed by atoms with Crippen LogP contribution in [0, 0.1) is 0 Å². The number of hydrogen-bond acceptors (Lipinski definition) is 35. The van der Waals surface area contributed by atoms with Gasteiger partial charge in [-0.3, -0.25) is 0 Å². The molecular formula is C42H71NO34. The lowest BCUT2D eigenvalue weighted by atomic mass is 9.95. The van der Waals surface area contributed by atoms with Gasteiger partial charge in [0.25, 0.3) is 0 Å². The standard InChI is InChI=1S/C42H71NO34/c43-1-8-29-15(50)22(57)36(64-8)72-30-9(2-44)66-38(24(59)17(30)52)74-32-11(4-46)68-40(26(61)19(32)54)76-34-13(6-48)70-42(28(63)21(34)56)77-35-14(7-49)69-41(27(62)20(35)55)75-33-12(5-47)67-39(25(60)18(33)53)73-31-10(3-45)65-37(71-29)23(58)16(31)51/h8-42,44-63H,1-7,43H2/t8-,9-,10-,11-,12-,13-,14-,15-,16-,17-,18-,19-,20-,21-,22-,23-,24-,25-,26-,27-,28-,29+,30+,31+,32+,33+,34+,35+,36-,37?,38-,39-,40-,41-,42-/m1/s1. The van der Waals surface area contributed by atoms with E-state index in [9.17, 15) is 102 Å². The molecule has 1 unspecified atom stereocenters. The Morgan fingerprint density at radius 3 is 0.455 bits per heavy atom. The molecule has 0 amide bonds. The van der Waals surface area contributed by atoms with Crippen LogP contribution < -0.4 is 5.73 Å². The van der Waals surface area contributed by atoms with Crippen LogP contribution in [0.3, 0.4) is 0 Å². The Balaban J connectivity index is 1.08. The van der Waals surface area contributed by atoms with Gasteiger partial charge in [-0.25, -0.2) is 0 Å². The first kappa shape index (κ1) is 61.7. The summed E-state index contributed by atoms with van der Waals surface area (Å²) in [5.41, 5.74) is 5.94. The molecule has 21 rings (SSSR count). The molecule has 21 saturated heterocycles. The zero-order valence-corrected chi connectivity index (χ0v) is 40.4. The van der Waals surface area contributed by atoms with Crippen molar-refractivity contribution in [3.05, 3.63) is 0 Å². The predicted octanol–water partition coefficient (Wildman–Crippen LogP) is -15.3. The van der Waals surface area contributed by atoms with Crippen LogP contribution in [0.4, 0.5) is 0 Å². The first-order valence-corrected chi connectivity index (χ1v) is 24.7. The average Bonchev–Trinajstić information content (AvgIpc) is 3.45. The molecule has 21 aliphatic heterocycles. The first-order chi connectivity index (χ1) is 36.7. The smallest absolute Gasteiger partial charge is 0.187 e. The molecule has 0 aromatic rings. The second kappa shape index (κ2) is 26.0. The summed E-state index contributed by atoms with van der Waals surface area (Å²) in [4.78, 5) is 0. The Kier molecular flexibility index (Phi) is 20.8. The molecule has 0 aromatic carbocycles. The van der Waals surface area contributed by atoms with Crippen LogP contribution in [0.1, 0.15) is 0 Å². The Morgan fingerprint density at radius 2 is 0.325 bits per heavy atom. The molecule has 22 N–H and O–H groups in total. The number of aliphatic hydroxyl groups excluding tert-OH is 20. The fourth-order valence-electron chi connectivity index (χ4n) is 10.5. The number of aliphatic hydroxyl groups is 20. The van der Waals surface area contributed by atoms with Crippen molar-refractivity contribution >= 4 is 0 Å². The van der Waals surface area contributed by atoms with E-state index in [4.69, 9.17) is 72.0 Å². The minimum absolute atomic E-state index is 0.547. The van der Waals surface area contributed by atoms with Gasteiger partial charge in [-0.2, -0.15) is 0 Å². The summed E-state index contributed by atoms with van der Waals surface area (Å²) in [7, 11) is 0. The molecular weight excluding hydrogens is 1060 g/mol. The van der Waals surface area contributed by atoms with Crippen molar-refractivity contribution in [2.24, 2.45) is 5.73 Å². The van der Waals surface area contributed by atoms with Gasteiger partial charge in [0.2, 0.25) is 0 Å². The lowest BCUT2D eigenvalue weighted by molar-refractivity contribution is -0.396. The van der Waals surface area contributed by atoms with Gasteiger partial charge in [-0.15, -0.1) is 0 Å². The normalized spacial score (nSPS) is 55.4. The number of rotatable bonds is 7. The number of ether oxygens (including phenoxy) is 14. The summed E-state index contributed by atoms with van der Waals surface area (Å²) in [5.74, 6) is 0. The van der Waals surface area contributed by atoms with Crippen LogP contribution in [0.25, 0.3) is 0 Å². The minimum Gasteiger partial charge on any atom is -0.394 e. The zero-order chi connectivity index (χ0) is 56.1. The third-order valence-electron chi connectivity index (χ3n) is 14.8. The lowest BCUT2D eigenvalue weighted by Gasteiger charge is -2.50. The van der Waals surface area contributed by atoms with Crippen LogP contribution in [-0.4, -0.2) is 363 Å². The Labute approximate surface area is 434 Å². The molecule has 35 atom stereocenters. The second-order valence-electron chi connectivity index (χ2n) is 19.7. The summed E-state index contributed by atoms with van der Waals surface area (Å²) in [6.45, 7) is -6.75. The topological polar surface area (TPSA) is 560 Å². The molecule has 21 heterocycles. The van der Waals surface area contributed by atoms with E-state index in [1.54, 1.807) is 0 Å². The highest BCUT2D eigenvalue weighted by molar-refractivity contribution is 5.02. The molecule has 77 heavy (non-hydrogen) atoms. The number of nitrogens with two attached hydrogens (primary N) is 1. The van der Waals surface area contributed by atoms with E-state index in [-0.39, 0.29) is 0 Å². The fourth-order valence-corrected chi connectivity index (χ4v) is 10.5. The lowest BCUT2D eigenvalue weighted by Crippen LogP contribution is -2.68. The molecule has 0 radical (unpaired) electrons. The Morgan fingerprint density at radius 1 is 0.195 bits per heavy atom. The van der Waals surface area contributed by atoms with Gasteiger partial charge in [-0.05, 0) is 0 Å². The van der Waals surface area contributed by atoms with Crippen molar-refractivity contribution in [3.63, 3.8) is 0 Å². The SMILES string of the molecule is NC[C@H]1O[C@@H]2O[C@@H]3[C@H](O)[C@@H](O)[C@@H](O[C@@H]4[C@H](O)[C@@H](O)[C@@H](O[C@@H]5[C@H](O)[C@@H](O)[C@@H](O[C@@H]6[C@H](O)[C@@H](O)[C@@H](O[C@@H]7[C@H](O)[C@@H](O)[C@@H](O[C@@H]8[C@H](O)[C@@H](O)C(O[C@@H]1[C@H](O)[C@H]2O)O[C@@H]8CO)O[C@@H]7CO)O[C@@H]6CO)O[C@@H]5CO)O[C@@H]4CO)O[C@@H]3CO. The molecule has 448 valence electrons. The summed E-state index contributed by atoms with van der Waals surface area (Å²) in [5, 5.41) is 220. The predicted molar refractivity (Wildman–Crippen MR) is 230 cm³/mol. The quantitative estimate of drug-likeness (QED) is 0.113. The van der Waals surface area contributed by atoms with E-state index in [1.807, 2.05) is 0 Å². The highest BCUT2D eigenvalue weighted by Gasteiger charge is 2.59. The summed E-state index contributed by atoms with van der Waals surface area (Å²) < 4.78 is 79.9. The van der Waals surface area contributed by atoms with Crippen LogP contribution in [0.2, 0.25) is 0 Å². The van der Waals surface area contributed by atoms with Gasteiger partial charge in [0.1, 0.15) is 171 Å². The van der Waals surface area contributed by atoms with Gasteiger partial charge in [0, 0.05) is 6.54 Å². The van der Waals surface area contributed by atoms with E-state index >= 15 is 0 Å². The van der Waals surface area contributed by atoms with Gasteiger partial charge in [0.05, 0.1) is 39.6 Å². The van der Waals surface area contributed by atoms with Crippen molar-refractivity contribution in [2.45, 2.75) is 215 Å². The van der Waals surface area contributed by atoms with E-state index < -0.39 is 261 Å². The molecule has 0 spiro atoms. The van der Waals surface area contributed by atoms with Crippen molar-refractivity contribution in [1.82, 2.24) is 0 Å². The zero-order valence-electron chi connectivity index (χ0n) is 40.4. The van der Waals surface area contributed by atoms with E-state index in [1.165, 1.54) is 0 Å². The van der Waals surface area contributed by atoms with Gasteiger partial charge in [0.15, 0.2) is 44.0 Å². The van der Waals surface area contributed by atoms with Gasteiger partial charge in [-0.1, -0.05) is 0 Å². The average molecular weight is 1130 g/mol. The third kappa shape index (κ3) is 12.1. The number of hydrogen-bond donors (Lipinski definition) is 21. The highest BCUT2D eigenvalue weighted by Crippen LogP contribution is 2.39. The second-order valence-corrected chi connectivity index (χ2v) is 19.7.